The first-order valence-electron chi connectivity index (χ1n) is 10.1. The van der Waals surface area contributed by atoms with E-state index in [1.54, 1.807) is 0 Å². The minimum atomic E-state index is 0.415. The van der Waals surface area contributed by atoms with Crippen LogP contribution < -0.4 is 5.32 Å². The largest absolute Gasteiger partial charge is 0.357 e. The molecule has 0 amide bonds. The van der Waals surface area contributed by atoms with Gasteiger partial charge in [-0.1, -0.05) is 13.0 Å². The summed E-state index contributed by atoms with van der Waals surface area (Å²) in [7, 11) is 0. The highest BCUT2D eigenvalue weighted by molar-refractivity contribution is 5.80. The fraction of sp³-hybridized carbons (Fsp3) is 0.476. The maximum Gasteiger partial charge on any atom is 0.194 e. The van der Waals surface area contributed by atoms with Gasteiger partial charge in [0.05, 0.1) is 24.6 Å². The summed E-state index contributed by atoms with van der Waals surface area (Å²) < 4.78 is 4.35. The normalized spacial score (nSPS) is 20.7. The van der Waals surface area contributed by atoms with Gasteiger partial charge in [-0.25, -0.2) is 15.0 Å². The quantitative estimate of drug-likeness (QED) is 0.559. The van der Waals surface area contributed by atoms with E-state index in [4.69, 9.17) is 9.98 Å². The van der Waals surface area contributed by atoms with Crippen molar-refractivity contribution in [3.63, 3.8) is 0 Å². The maximum atomic E-state index is 4.90. The molecule has 1 fully saturated rings. The Morgan fingerprint density at radius 2 is 2.25 bits per heavy atom. The first-order valence-corrected chi connectivity index (χ1v) is 10.1. The van der Waals surface area contributed by atoms with Crippen molar-refractivity contribution in [2.45, 2.75) is 39.8 Å². The van der Waals surface area contributed by atoms with E-state index in [1.807, 2.05) is 24.7 Å². The number of imidazole rings is 2. The number of likely N-dealkylation sites (tertiary alicyclic amines) is 1. The summed E-state index contributed by atoms with van der Waals surface area (Å²) in [5, 5.41) is 3.46. The minimum absolute atomic E-state index is 0.415. The van der Waals surface area contributed by atoms with E-state index < -0.39 is 0 Å². The molecule has 7 heteroatoms. The van der Waals surface area contributed by atoms with Crippen LogP contribution in [0.1, 0.15) is 37.7 Å². The van der Waals surface area contributed by atoms with E-state index in [2.05, 4.69) is 63.4 Å². The van der Waals surface area contributed by atoms with Crippen LogP contribution in [0.15, 0.2) is 48.1 Å². The van der Waals surface area contributed by atoms with E-state index in [9.17, 15) is 0 Å². The SMILES string of the molecule is CCNC(=NCc1cn2c(C)cccc2n1)N1CCC(C)C(n2ccnc2)C1. The molecule has 0 radical (unpaired) electrons. The van der Waals surface area contributed by atoms with Gasteiger partial charge < -0.3 is 19.2 Å². The predicted octanol–water partition coefficient (Wildman–Crippen LogP) is 2.89. The standard InChI is InChI=1S/C21H29N7/c1-4-23-21(24-12-18-13-28-17(3)6-5-7-20(28)25-18)26-10-8-16(2)19(14-26)27-11-9-22-15-27/h5-7,9,11,13,15-16,19H,4,8,10,12,14H2,1-3H3,(H,23,24). The number of pyridine rings is 1. The molecule has 2 unspecified atom stereocenters. The molecule has 1 aliphatic heterocycles. The average Bonchev–Trinajstić information content (AvgIpc) is 3.36. The summed E-state index contributed by atoms with van der Waals surface area (Å²) in [4.78, 5) is 16.2. The predicted molar refractivity (Wildman–Crippen MR) is 111 cm³/mol. The number of nitrogens with zero attached hydrogens (tertiary/aromatic N) is 6. The average molecular weight is 380 g/mol. The lowest BCUT2D eigenvalue weighted by Crippen LogP contribution is -2.49. The maximum absolute atomic E-state index is 4.90. The highest BCUT2D eigenvalue weighted by Gasteiger charge is 2.28. The Labute approximate surface area is 166 Å². The van der Waals surface area contributed by atoms with Gasteiger partial charge in [-0.15, -0.1) is 0 Å². The minimum Gasteiger partial charge on any atom is -0.357 e. The third-order valence-electron chi connectivity index (χ3n) is 5.60. The lowest BCUT2D eigenvalue weighted by atomic mass is 9.93. The molecule has 0 saturated carbocycles. The van der Waals surface area contributed by atoms with Crippen LogP contribution >= 0.6 is 0 Å². The molecule has 4 rings (SSSR count). The first kappa shape index (κ1) is 18.5. The highest BCUT2D eigenvalue weighted by Crippen LogP contribution is 2.27. The first-order chi connectivity index (χ1) is 13.7. The number of aliphatic imine (C=N–C) groups is 1. The van der Waals surface area contributed by atoms with Crippen molar-refractivity contribution in [1.29, 1.82) is 0 Å². The summed E-state index contributed by atoms with van der Waals surface area (Å²) in [5.74, 6) is 1.59. The summed E-state index contributed by atoms with van der Waals surface area (Å²) in [6.07, 6.45) is 9.07. The molecule has 1 aliphatic rings. The van der Waals surface area contributed by atoms with Crippen molar-refractivity contribution in [3.05, 3.63) is 54.5 Å². The summed E-state index contributed by atoms with van der Waals surface area (Å²) in [6, 6.07) is 6.59. The number of aryl methyl sites for hydroxylation is 1. The molecule has 1 N–H and O–H groups in total. The monoisotopic (exact) mass is 379 g/mol. The van der Waals surface area contributed by atoms with Crippen LogP contribution in [0.5, 0.6) is 0 Å². The van der Waals surface area contributed by atoms with Gasteiger partial charge in [-0.05, 0) is 38.3 Å². The fourth-order valence-corrected chi connectivity index (χ4v) is 3.95. The summed E-state index contributed by atoms with van der Waals surface area (Å²) in [6.45, 7) is 9.91. The van der Waals surface area contributed by atoms with Gasteiger partial charge in [-0.3, -0.25) is 0 Å². The van der Waals surface area contributed by atoms with Crippen LogP contribution in [0, 0.1) is 12.8 Å². The molecule has 2 atom stereocenters. The Hall–Kier alpha value is -2.83. The zero-order valence-electron chi connectivity index (χ0n) is 16.9. The number of guanidine groups is 1. The lowest BCUT2D eigenvalue weighted by Gasteiger charge is -2.39. The van der Waals surface area contributed by atoms with Gasteiger partial charge in [-0.2, -0.15) is 0 Å². The third kappa shape index (κ3) is 3.74. The van der Waals surface area contributed by atoms with Crippen molar-refractivity contribution in [1.82, 2.24) is 29.2 Å². The molecule has 0 aliphatic carbocycles. The van der Waals surface area contributed by atoms with Crippen LogP contribution in [0.25, 0.3) is 5.65 Å². The van der Waals surface area contributed by atoms with Crippen LogP contribution in [-0.2, 0) is 6.54 Å². The molecule has 0 bridgehead atoms. The Morgan fingerprint density at radius 1 is 1.36 bits per heavy atom. The van der Waals surface area contributed by atoms with E-state index in [0.29, 0.717) is 18.5 Å². The number of fused-ring (bicyclic) bond motifs is 1. The lowest BCUT2D eigenvalue weighted by molar-refractivity contribution is 0.189. The molecule has 3 aromatic heterocycles. The number of rotatable bonds is 4. The number of nitrogens with one attached hydrogen (secondary N) is 1. The Bertz CT molecular complexity index is 941. The van der Waals surface area contributed by atoms with Gasteiger partial charge in [0, 0.05) is 43.9 Å². The molecule has 148 valence electrons. The van der Waals surface area contributed by atoms with Gasteiger partial charge in [0.2, 0.25) is 0 Å². The van der Waals surface area contributed by atoms with Crippen molar-refractivity contribution in [3.8, 4) is 0 Å². The van der Waals surface area contributed by atoms with Crippen molar-refractivity contribution < 1.29 is 0 Å². The summed E-state index contributed by atoms with van der Waals surface area (Å²) >= 11 is 0. The van der Waals surface area contributed by atoms with Crippen molar-refractivity contribution in [2.75, 3.05) is 19.6 Å². The second-order valence-electron chi connectivity index (χ2n) is 7.59. The molecule has 0 aromatic carbocycles. The van der Waals surface area contributed by atoms with E-state index in [-0.39, 0.29) is 0 Å². The van der Waals surface area contributed by atoms with Crippen molar-refractivity contribution in [2.24, 2.45) is 10.9 Å². The second kappa shape index (κ2) is 8.04. The second-order valence-corrected chi connectivity index (χ2v) is 7.59. The van der Waals surface area contributed by atoms with Gasteiger partial charge in [0.15, 0.2) is 5.96 Å². The van der Waals surface area contributed by atoms with Crippen LogP contribution in [0.3, 0.4) is 0 Å². The fourth-order valence-electron chi connectivity index (χ4n) is 3.95. The van der Waals surface area contributed by atoms with Crippen molar-refractivity contribution >= 4 is 11.6 Å². The Morgan fingerprint density at radius 3 is 3.00 bits per heavy atom. The van der Waals surface area contributed by atoms with Gasteiger partial charge >= 0.3 is 0 Å². The molecule has 7 nitrogen and oxygen atoms in total. The number of hydrogen-bond acceptors (Lipinski definition) is 3. The zero-order chi connectivity index (χ0) is 19.5. The Balaban J connectivity index is 1.53. The van der Waals surface area contributed by atoms with Crippen LogP contribution in [0.2, 0.25) is 0 Å². The molecule has 4 heterocycles. The van der Waals surface area contributed by atoms with E-state index in [0.717, 1.165) is 43.4 Å². The van der Waals surface area contributed by atoms with E-state index in [1.165, 1.54) is 5.69 Å². The topological polar surface area (TPSA) is 62.8 Å². The Kier molecular flexibility index (Phi) is 5.32. The van der Waals surface area contributed by atoms with Crippen LogP contribution in [-0.4, -0.2) is 49.4 Å². The molecule has 3 aromatic rings. The number of piperidine rings is 1. The zero-order valence-corrected chi connectivity index (χ0v) is 16.9. The van der Waals surface area contributed by atoms with Crippen LogP contribution in [0.4, 0.5) is 0 Å². The summed E-state index contributed by atoms with van der Waals surface area (Å²) in [5.41, 5.74) is 3.14. The molecule has 28 heavy (non-hydrogen) atoms. The van der Waals surface area contributed by atoms with Gasteiger partial charge in [0.1, 0.15) is 5.65 Å². The third-order valence-corrected chi connectivity index (χ3v) is 5.60. The molecular formula is C21H29N7. The number of aromatic nitrogens is 4. The van der Waals surface area contributed by atoms with E-state index >= 15 is 0 Å². The highest BCUT2D eigenvalue weighted by atomic mass is 15.3. The molecule has 1 saturated heterocycles. The van der Waals surface area contributed by atoms with Gasteiger partial charge in [0.25, 0.3) is 0 Å². The number of hydrogen-bond donors (Lipinski definition) is 1. The smallest absolute Gasteiger partial charge is 0.194 e. The molecule has 0 spiro atoms. The molecular weight excluding hydrogens is 350 g/mol.